The highest BCUT2D eigenvalue weighted by Crippen LogP contribution is 2.27. The Hall–Kier alpha value is -1.26. The number of methoxy groups -OCH3 is 1. The Labute approximate surface area is 144 Å². The highest BCUT2D eigenvalue weighted by Gasteiger charge is 2.34. The van der Waals surface area contributed by atoms with Gasteiger partial charge in [0.2, 0.25) is 5.91 Å². The van der Waals surface area contributed by atoms with Gasteiger partial charge in [0, 0.05) is 24.5 Å². The number of rotatable bonds is 5. The van der Waals surface area contributed by atoms with E-state index in [1.165, 1.54) is 18.4 Å². The van der Waals surface area contributed by atoms with E-state index in [1.54, 1.807) is 7.11 Å². The lowest BCUT2D eigenvalue weighted by Gasteiger charge is -2.30. The fourth-order valence-corrected chi connectivity index (χ4v) is 3.79. The van der Waals surface area contributed by atoms with Crippen molar-refractivity contribution in [3.63, 3.8) is 0 Å². The lowest BCUT2D eigenvalue weighted by molar-refractivity contribution is -0.122. The molecule has 2 saturated heterocycles. The highest BCUT2D eigenvalue weighted by molar-refractivity contribution is 5.85. The van der Waals surface area contributed by atoms with Gasteiger partial charge in [0.1, 0.15) is 5.75 Å². The maximum absolute atomic E-state index is 12.3. The summed E-state index contributed by atoms with van der Waals surface area (Å²) in [6.45, 7) is 2.10. The first-order valence-corrected chi connectivity index (χ1v) is 8.33. The van der Waals surface area contributed by atoms with Crippen LogP contribution in [0.3, 0.4) is 0 Å². The second-order valence-electron chi connectivity index (χ2n) is 6.75. The summed E-state index contributed by atoms with van der Waals surface area (Å²) in [7, 11) is 1.66. The molecule has 0 aromatic heterocycles. The van der Waals surface area contributed by atoms with E-state index in [9.17, 15) is 4.79 Å². The van der Waals surface area contributed by atoms with Gasteiger partial charge in [-0.05, 0) is 49.3 Å². The minimum Gasteiger partial charge on any atom is -0.497 e. The van der Waals surface area contributed by atoms with Crippen molar-refractivity contribution >= 4 is 18.3 Å². The Bertz CT molecular complexity index is 508. The Kier molecular flexibility index (Phi) is 6.31. The number of hydrogen-bond donors (Lipinski definition) is 2. The third kappa shape index (κ3) is 4.61. The summed E-state index contributed by atoms with van der Waals surface area (Å²) < 4.78 is 5.17. The van der Waals surface area contributed by atoms with Crippen LogP contribution in [0.5, 0.6) is 5.75 Å². The zero-order valence-corrected chi connectivity index (χ0v) is 14.7. The maximum atomic E-state index is 12.3. The number of nitrogens with one attached hydrogen (secondary N) is 2. The Morgan fingerprint density at radius 3 is 2.43 bits per heavy atom. The molecule has 3 rings (SSSR count). The van der Waals surface area contributed by atoms with Crippen LogP contribution in [-0.2, 0) is 4.79 Å². The zero-order chi connectivity index (χ0) is 15.5. The van der Waals surface area contributed by atoms with Crippen molar-refractivity contribution in [2.24, 2.45) is 0 Å². The molecule has 4 nitrogen and oxygen atoms in total. The van der Waals surface area contributed by atoms with E-state index in [-0.39, 0.29) is 24.2 Å². The molecule has 1 amide bonds. The lowest BCUT2D eigenvalue weighted by Crippen LogP contribution is -2.48. The van der Waals surface area contributed by atoms with Gasteiger partial charge in [-0.3, -0.25) is 4.79 Å². The molecule has 3 atom stereocenters. The number of carbonyl (C=O) groups is 1. The standard InChI is InChI=1S/C18H26N2O2.ClH/c1-12(13-3-7-17(22-2)8-4-13)9-18(21)20-16-10-14-5-6-15(11-16)19-14;/h3-4,7-8,12,14-16,19H,5-6,9-11H2,1-2H3,(H,20,21);1H. The van der Waals surface area contributed by atoms with E-state index < -0.39 is 0 Å². The van der Waals surface area contributed by atoms with Crippen LogP contribution in [0.1, 0.15) is 50.5 Å². The van der Waals surface area contributed by atoms with E-state index >= 15 is 0 Å². The molecule has 5 heteroatoms. The highest BCUT2D eigenvalue weighted by atomic mass is 35.5. The van der Waals surface area contributed by atoms with Crippen molar-refractivity contribution in [1.29, 1.82) is 0 Å². The number of carbonyl (C=O) groups excluding carboxylic acids is 1. The minimum absolute atomic E-state index is 0. The molecule has 3 unspecified atom stereocenters. The summed E-state index contributed by atoms with van der Waals surface area (Å²) in [6.07, 6.45) is 5.24. The maximum Gasteiger partial charge on any atom is 0.220 e. The van der Waals surface area contributed by atoms with Gasteiger partial charge in [0.05, 0.1) is 7.11 Å². The molecular weight excluding hydrogens is 312 g/mol. The summed E-state index contributed by atoms with van der Waals surface area (Å²) in [5, 5.41) is 6.85. The van der Waals surface area contributed by atoms with E-state index in [0.29, 0.717) is 24.5 Å². The van der Waals surface area contributed by atoms with E-state index in [0.717, 1.165) is 18.6 Å². The van der Waals surface area contributed by atoms with Gasteiger partial charge in [-0.1, -0.05) is 19.1 Å². The smallest absolute Gasteiger partial charge is 0.220 e. The third-order valence-electron chi connectivity index (χ3n) is 5.01. The Morgan fingerprint density at radius 1 is 1.26 bits per heavy atom. The van der Waals surface area contributed by atoms with Crippen molar-refractivity contribution in [3.8, 4) is 5.75 Å². The van der Waals surface area contributed by atoms with Gasteiger partial charge in [0.15, 0.2) is 0 Å². The number of fused-ring (bicyclic) bond motifs is 2. The molecule has 0 aliphatic carbocycles. The Balaban J connectivity index is 0.00000192. The van der Waals surface area contributed by atoms with Crippen molar-refractivity contribution < 1.29 is 9.53 Å². The van der Waals surface area contributed by atoms with Crippen molar-refractivity contribution in [1.82, 2.24) is 10.6 Å². The predicted octanol–water partition coefficient (Wildman–Crippen LogP) is 3.01. The van der Waals surface area contributed by atoms with Crippen molar-refractivity contribution in [2.75, 3.05) is 7.11 Å². The quantitative estimate of drug-likeness (QED) is 0.867. The van der Waals surface area contributed by atoms with Crippen LogP contribution in [0.25, 0.3) is 0 Å². The van der Waals surface area contributed by atoms with E-state index in [4.69, 9.17) is 4.74 Å². The average Bonchev–Trinajstić information content (AvgIpc) is 2.86. The summed E-state index contributed by atoms with van der Waals surface area (Å²) in [6, 6.07) is 9.58. The first-order valence-electron chi connectivity index (χ1n) is 8.33. The first kappa shape index (κ1) is 18.1. The van der Waals surface area contributed by atoms with Crippen LogP contribution in [0.2, 0.25) is 0 Å². The monoisotopic (exact) mass is 338 g/mol. The van der Waals surface area contributed by atoms with Crippen LogP contribution in [0.15, 0.2) is 24.3 Å². The summed E-state index contributed by atoms with van der Waals surface area (Å²) >= 11 is 0. The van der Waals surface area contributed by atoms with Gasteiger partial charge >= 0.3 is 0 Å². The molecule has 2 N–H and O–H groups in total. The molecule has 0 saturated carbocycles. The molecule has 23 heavy (non-hydrogen) atoms. The largest absolute Gasteiger partial charge is 0.497 e. The third-order valence-corrected chi connectivity index (χ3v) is 5.01. The molecular formula is C18H27ClN2O2. The molecule has 128 valence electrons. The molecule has 2 heterocycles. The average molecular weight is 339 g/mol. The molecule has 0 radical (unpaired) electrons. The van der Waals surface area contributed by atoms with E-state index in [2.05, 4.69) is 17.6 Å². The molecule has 2 bridgehead atoms. The zero-order valence-electron chi connectivity index (χ0n) is 13.9. The predicted molar refractivity (Wildman–Crippen MR) is 94.4 cm³/mol. The van der Waals surface area contributed by atoms with Crippen LogP contribution < -0.4 is 15.4 Å². The van der Waals surface area contributed by atoms with Crippen molar-refractivity contribution in [2.45, 2.75) is 63.1 Å². The van der Waals surface area contributed by atoms with Gasteiger partial charge in [-0.25, -0.2) is 0 Å². The second-order valence-corrected chi connectivity index (χ2v) is 6.75. The Morgan fingerprint density at radius 2 is 1.87 bits per heavy atom. The number of amides is 1. The SMILES string of the molecule is COc1ccc(C(C)CC(=O)NC2CC3CCC(C2)N3)cc1.Cl. The first-order chi connectivity index (χ1) is 10.6. The molecule has 0 spiro atoms. The fourth-order valence-electron chi connectivity index (χ4n) is 3.79. The minimum atomic E-state index is 0. The summed E-state index contributed by atoms with van der Waals surface area (Å²) in [5.74, 6) is 1.25. The van der Waals surface area contributed by atoms with Gasteiger partial charge in [0.25, 0.3) is 0 Å². The van der Waals surface area contributed by atoms with Crippen LogP contribution in [0, 0.1) is 0 Å². The van der Waals surface area contributed by atoms with Gasteiger partial charge in [-0.2, -0.15) is 0 Å². The number of halogens is 1. The number of benzene rings is 1. The molecule has 2 aliphatic rings. The van der Waals surface area contributed by atoms with Gasteiger partial charge < -0.3 is 15.4 Å². The molecule has 1 aromatic rings. The van der Waals surface area contributed by atoms with Crippen LogP contribution in [-0.4, -0.2) is 31.1 Å². The topological polar surface area (TPSA) is 50.4 Å². The summed E-state index contributed by atoms with van der Waals surface area (Å²) in [5.41, 5.74) is 1.18. The van der Waals surface area contributed by atoms with Crippen LogP contribution in [0.4, 0.5) is 0 Å². The normalized spacial score (nSPS) is 27.0. The van der Waals surface area contributed by atoms with Crippen molar-refractivity contribution in [3.05, 3.63) is 29.8 Å². The summed E-state index contributed by atoms with van der Waals surface area (Å²) in [4.78, 5) is 12.3. The lowest BCUT2D eigenvalue weighted by atomic mass is 9.96. The number of hydrogen-bond acceptors (Lipinski definition) is 3. The second kappa shape index (κ2) is 8.02. The fraction of sp³-hybridized carbons (Fsp3) is 0.611. The molecule has 2 fully saturated rings. The van der Waals surface area contributed by atoms with E-state index in [1.807, 2.05) is 24.3 Å². The number of piperidine rings is 1. The van der Waals surface area contributed by atoms with Gasteiger partial charge in [-0.15, -0.1) is 12.4 Å². The molecule has 1 aromatic carbocycles. The number of ether oxygens (including phenoxy) is 1. The molecule has 2 aliphatic heterocycles. The van der Waals surface area contributed by atoms with Crippen LogP contribution >= 0.6 is 12.4 Å².